The van der Waals surface area contributed by atoms with Gasteiger partial charge in [0, 0.05) is 16.5 Å². The number of furan rings is 1. The van der Waals surface area contributed by atoms with Crippen LogP contribution in [0.5, 0.6) is 0 Å². The zero-order valence-electron chi connectivity index (χ0n) is 27.4. The summed E-state index contributed by atoms with van der Waals surface area (Å²) in [4.78, 5) is 10.8. The second kappa shape index (κ2) is 12.3. The Bertz CT molecular complexity index is 3060. The maximum atomic E-state index is 6.18. The summed E-state index contributed by atoms with van der Waals surface area (Å²) >= 11 is -0.547. The Balaban J connectivity index is 0.00000338. The average molecular weight is 790 g/mol. The molecule has 6 aromatic heterocycles. The average Bonchev–Trinajstić information content (AvgIpc) is 3.94. The summed E-state index contributed by atoms with van der Waals surface area (Å²) in [6, 6.07) is 57.2. The molecule has 0 N–H and O–H groups in total. The predicted octanol–water partition coefficient (Wildman–Crippen LogP) is 9.76. The molecule has 8 heteroatoms. The third-order valence-corrected chi connectivity index (χ3v) is 16.6. The van der Waals surface area contributed by atoms with Gasteiger partial charge in [0.1, 0.15) is 0 Å². The number of pyridine rings is 2. The van der Waals surface area contributed by atoms with Crippen molar-refractivity contribution < 1.29 is 20.9 Å². The Kier molecular flexibility index (Phi) is 7.43. The molecular formula is C44H26GeN4NiOS-. The van der Waals surface area contributed by atoms with Gasteiger partial charge in [0.05, 0.1) is 0 Å². The van der Waals surface area contributed by atoms with Gasteiger partial charge in [0.15, 0.2) is 0 Å². The Hall–Kier alpha value is -5.46. The molecule has 0 bridgehead atoms. The van der Waals surface area contributed by atoms with Crippen LogP contribution >= 0.6 is 11.3 Å². The molecular weight excluding hydrogens is 764 g/mol. The third-order valence-electron chi connectivity index (χ3n) is 9.82. The fourth-order valence-electron chi connectivity index (χ4n) is 7.60. The van der Waals surface area contributed by atoms with E-state index in [1.54, 1.807) is 0 Å². The number of hydrogen-bond donors (Lipinski definition) is 0. The van der Waals surface area contributed by atoms with Crippen LogP contribution in [0.25, 0.3) is 81.3 Å². The van der Waals surface area contributed by atoms with E-state index >= 15 is 0 Å². The van der Waals surface area contributed by atoms with Gasteiger partial charge in [-0.05, 0) is 0 Å². The number of thiophene rings is 1. The zero-order valence-corrected chi connectivity index (χ0v) is 31.3. The Morgan fingerprint density at radius 3 is 2.08 bits per heavy atom. The molecule has 249 valence electrons. The van der Waals surface area contributed by atoms with Crippen molar-refractivity contribution >= 4 is 99.1 Å². The summed E-state index contributed by atoms with van der Waals surface area (Å²) in [5.74, 6) is 0. The molecule has 5 aromatic carbocycles. The van der Waals surface area contributed by atoms with Crippen LogP contribution in [0.1, 0.15) is 0 Å². The van der Waals surface area contributed by atoms with Crippen molar-refractivity contribution in [1.82, 2.24) is 18.1 Å². The van der Waals surface area contributed by atoms with E-state index in [0.29, 0.717) is 0 Å². The van der Waals surface area contributed by atoms with Crippen LogP contribution in [0.4, 0.5) is 0 Å². The van der Waals surface area contributed by atoms with Gasteiger partial charge in [-0.3, -0.25) is 0 Å². The van der Waals surface area contributed by atoms with Gasteiger partial charge in [-0.25, -0.2) is 0 Å². The van der Waals surface area contributed by atoms with Crippen molar-refractivity contribution in [2.24, 2.45) is 0 Å². The van der Waals surface area contributed by atoms with E-state index in [2.05, 4.69) is 129 Å². The van der Waals surface area contributed by atoms with Crippen LogP contribution in [-0.4, -0.2) is 32.6 Å². The second-order valence-corrected chi connectivity index (χ2v) is 18.6. The number of para-hydroxylation sites is 2. The van der Waals surface area contributed by atoms with Crippen molar-refractivity contribution in [3.63, 3.8) is 0 Å². The molecule has 5 nitrogen and oxygen atoms in total. The molecule has 0 saturated carbocycles. The molecule has 6 heterocycles. The molecule has 11 rings (SSSR count). The van der Waals surface area contributed by atoms with Gasteiger partial charge in [0.2, 0.25) is 0 Å². The summed E-state index contributed by atoms with van der Waals surface area (Å²) in [5, 5.41) is 3.54. The molecule has 52 heavy (non-hydrogen) atoms. The van der Waals surface area contributed by atoms with Gasteiger partial charge in [0.25, 0.3) is 0 Å². The first kappa shape index (κ1) is 31.3. The third kappa shape index (κ3) is 4.66. The number of aromatic nitrogens is 4. The van der Waals surface area contributed by atoms with Crippen molar-refractivity contribution in [2.45, 2.75) is 0 Å². The van der Waals surface area contributed by atoms with Crippen LogP contribution in [0.2, 0.25) is 0 Å². The monoisotopic (exact) mass is 790 g/mol. The van der Waals surface area contributed by atoms with Crippen LogP contribution in [0.3, 0.4) is 0 Å². The molecule has 1 radical (unpaired) electrons. The minimum absolute atomic E-state index is 0. The Morgan fingerprint density at radius 2 is 1.33 bits per heavy atom. The normalized spacial score (nSPS) is 11.9. The zero-order chi connectivity index (χ0) is 33.5. The predicted molar refractivity (Wildman–Crippen MR) is 212 cm³/mol. The summed E-state index contributed by atoms with van der Waals surface area (Å²) in [6.07, 6.45) is 1.82. The van der Waals surface area contributed by atoms with Crippen molar-refractivity contribution in [2.75, 3.05) is 0 Å². The first-order valence-corrected chi connectivity index (χ1v) is 20.8. The SMILES string of the molecule is [Ni].[c-]1ccccc1-c1ccc2occ(-n3c4ccccc4c4cc5sc6c7ccccc7[n]([Ge]([c]7ccccc7)[c]7ccccc7)c6c5nc43)c2n1. The van der Waals surface area contributed by atoms with Crippen LogP contribution in [0.15, 0.2) is 162 Å². The van der Waals surface area contributed by atoms with E-state index in [0.717, 1.165) is 55.5 Å². The van der Waals surface area contributed by atoms with Gasteiger partial charge < -0.3 is 0 Å². The maximum absolute atomic E-state index is 6.18. The van der Waals surface area contributed by atoms with E-state index in [-0.39, 0.29) is 16.5 Å². The number of nitrogens with zero attached hydrogens (tertiary/aromatic N) is 4. The molecule has 0 aliphatic rings. The molecule has 0 spiro atoms. The standard InChI is InChI=1S/C44H26GeN4OS.Ni/c1-4-14-28(15-5-1)34-24-25-38-40(46-34)37(27-50-38)48-35-22-12-10-20-31(35)33-26-39-41(47-44(33)48)42-43(51-39)32-21-11-13-23-36(32)49(42)45(29-16-6-2-7-17-29)30-18-8-3-9-19-30;/h1-14,16-27H;/q-1;. The van der Waals surface area contributed by atoms with E-state index in [1.165, 1.54) is 34.6 Å². The Labute approximate surface area is 317 Å². The fourth-order valence-corrected chi connectivity index (χ4v) is 14.7. The van der Waals surface area contributed by atoms with Crippen molar-refractivity contribution in [3.05, 3.63) is 164 Å². The molecule has 0 atom stereocenters. The molecule has 0 aliphatic carbocycles. The molecule has 0 unspecified atom stereocenters. The number of hydrogen-bond acceptors (Lipinski definition) is 4. The summed E-state index contributed by atoms with van der Waals surface area (Å²) in [6.45, 7) is 0. The molecule has 0 aliphatic heterocycles. The second-order valence-electron chi connectivity index (χ2n) is 12.7. The van der Waals surface area contributed by atoms with E-state index in [1.807, 2.05) is 54.0 Å². The first-order valence-electron chi connectivity index (χ1n) is 16.9. The van der Waals surface area contributed by atoms with Crippen molar-refractivity contribution in [3.8, 4) is 16.9 Å². The summed E-state index contributed by atoms with van der Waals surface area (Å²) in [5.41, 5.74) is 9.66. The van der Waals surface area contributed by atoms with Crippen LogP contribution in [0, 0.1) is 6.07 Å². The summed E-state index contributed by atoms with van der Waals surface area (Å²) in [7, 11) is 0. The van der Waals surface area contributed by atoms with Crippen LogP contribution < -0.4 is 8.79 Å². The van der Waals surface area contributed by atoms with E-state index < -0.39 is 14.6 Å². The first-order chi connectivity index (χ1) is 25.3. The summed E-state index contributed by atoms with van der Waals surface area (Å²) < 4.78 is 16.3. The van der Waals surface area contributed by atoms with E-state index in [9.17, 15) is 0 Å². The minimum atomic E-state index is -2.40. The van der Waals surface area contributed by atoms with Gasteiger partial charge in [-0.2, -0.15) is 0 Å². The van der Waals surface area contributed by atoms with Gasteiger partial charge in [-0.15, -0.1) is 18.2 Å². The molecule has 11 aromatic rings. The number of benzene rings is 5. The molecule has 0 saturated heterocycles. The van der Waals surface area contributed by atoms with Gasteiger partial charge in [-0.1, -0.05) is 0 Å². The van der Waals surface area contributed by atoms with Crippen molar-refractivity contribution in [1.29, 1.82) is 0 Å². The van der Waals surface area contributed by atoms with Gasteiger partial charge >= 0.3 is 284 Å². The Morgan fingerprint density at radius 1 is 0.635 bits per heavy atom. The fraction of sp³-hybridized carbons (Fsp3) is 0. The molecule has 0 amide bonds. The molecule has 0 fully saturated rings. The number of fused-ring (bicyclic) bond motifs is 9. The quantitative estimate of drug-likeness (QED) is 0.129. The topological polar surface area (TPSA) is 48.8 Å². The van der Waals surface area contributed by atoms with Crippen LogP contribution in [-0.2, 0) is 16.5 Å². The van der Waals surface area contributed by atoms with E-state index in [4.69, 9.17) is 14.4 Å². The number of rotatable bonds is 5.